The first kappa shape index (κ1) is 16.5. The molecule has 1 unspecified atom stereocenters. The highest BCUT2D eigenvalue weighted by atomic mass is 16.8. The van der Waals surface area contributed by atoms with E-state index in [-0.39, 0.29) is 17.0 Å². The molecule has 0 fully saturated rings. The highest BCUT2D eigenvalue weighted by Crippen LogP contribution is 2.41. The molecule has 0 radical (unpaired) electrons. The summed E-state index contributed by atoms with van der Waals surface area (Å²) in [5, 5.41) is 21.0. The lowest BCUT2D eigenvalue weighted by molar-refractivity contribution is -0.373. The number of aliphatic hydroxyl groups is 2. The number of rotatable bonds is 3. The number of benzene rings is 1. The first-order valence-corrected chi connectivity index (χ1v) is 7.06. The summed E-state index contributed by atoms with van der Waals surface area (Å²) < 4.78 is 10.1. The van der Waals surface area contributed by atoms with Gasteiger partial charge in [-0.05, 0) is 31.9 Å². The van der Waals surface area contributed by atoms with Gasteiger partial charge in [0.25, 0.3) is 0 Å². The van der Waals surface area contributed by atoms with Crippen LogP contribution in [0.2, 0.25) is 0 Å². The summed E-state index contributed by atoms with van der Waals surface area (Å²) in [4.78, 5) is 24.4. The van der Waals surface area contributed by atoms with Crippen LogP contribution in [0.25, 0.3) is 0 Å². The normalized spacial score (nSPS) is 19.0. The number of aliphatic hydroxyl groups excluding tert-OH is 1. The first-order valence-electron chi connectivity index (χ1n) is 7.06. The van der Waals surface area contributed by atoms with Crippen LogP contribution in [-0.2, 0) is 9.47 Å². The van der Waals surface area contributed by atoms with Gasteiger partial charge in [0.15, 0.2) is 0 Å². The lowest BCUT2D eigenvalue weighted by Gasteiger charge is -2.42. The predicted molar refractivity (Wildman–Crippen MR) is 76.8 cm³/mol. The third kappa shape index (κ3) is 2.48. The average molecular weight is 308 g/mol. The Kier molecular flexibility index (Phi) is 4.02. The molecular weight excluding hydrogens is 288 g/mol. The van der Waals surface area contributed by atoms with Crippen molar-refractivity contribution >= 4 is 11.9 Å². The number of ether oxygens (including phenoxy) is 2. The highest BCUT2D eigenvalue weighted by Gasteiger charge is 2.57. The maximum atomic E-state index is 12.2. The molecule has 0 aromatic heterocycles. The molecule has 2 N–H and O–H groups in total. The van der Waals surface area contributed by atoms with E-state index in [1.165, 1.54) is 26.0 Å². The molecule has 22 heavy (non-hydrogen) atoms. The second-order valence-corrected chi connectivity index (χ2v) is 6.32. The molecule has 1 aliphatic heterocycles. The van der Waals surface area contributed by atoms with Crippen molar-refractivity contribution in [3.63, 3.8) is 0 Å². The Morgan fingerprint density at radius 2 is 1.45 bits per heavy atom. The average Bonchev–Trinajstić information content (AvgIpc) is 2.54. The molecule has 0 saturated carbocycles. The van der Waals surface area contributed by atoms with Crippen molar-refractivity contribution in [1.29, 1.82) is 0 Å². The lowest BCUT2D eigenvalue weighted by Crippen LogP contribution is -2.57. The number of carbonyl (C=O) groups is 2. The van der Waals surface area contributed by atoms with E-state index < -0.39 is 29.4 Å². The van der Waals surface area contributed by atoms with Crippen molar-refractivity contribution in [2.24, 2.45) is 11.3 Å². The van der Waals surface area contributed by atoms with Gasteiger partial charge in [-0.25, -0.2) is 9.59 Å². The summed E-state index contributed by atoms with van der Waals surface area (Å²) >= 11 is 0. The Labute approximate surface area is 128 Å². The maximum Gasteiger partial charge on any atom is 0.381 e. The molecular formula is C16H20O6. The quantitative estimate of drug-likeness (QED) is 0.826. The summed E-state index contributed by atoms with van der Waals surface area (Å²) in [5.74, 6) is -4.58. The van der Waals surface area contributed by atoms with E-state index >= 15 is 0 Å². The van der Waals surface area contributed by atoms with Crippen molar-refractivity contribution in [2.45, 2.75) is 39.8 Å². The predicted octanol–water partition coefficient (Wildman–Crippen LogP) is 1.70. The minimum Gasteiger partial charge on any atom is -0.394 e. The Morgan fingerprint density at radius 3 is 1.82 bits per heavy atom. The van der Waals surface area contributed by atoms with Gasteiger partial charge in [-0.1, -0.05) is 26.0 Å². The number of carbonyl (C=O) groups excluding carboxylic acids is 2. The molecule has 0 saturated heterocycles. The summed E-state index contributed by atoms with van der Waals surface area (Å²) in [5.41, 5.74) is -1.40. The van der Waals surface area contributed by atoms with Gasteiger partial charge in [0.1, 0.15) is 0 Å². The van der Waals surface area contributed by atoms with Gasteiger partial charge in [0.2, 0.25) is 0 Å². The van der Waals surface area contributed by atoms with Crippen LogP contribution in [0.3, 0.4) is 0 Å². The largest absolute Gasteiger partial charge is 0.394 e. The maximum absolute atomic E-state index is 12.2. The Morgan fingerprint density at radius 1 is 1.05 bits per heavy atom. The number of fused-ring (bicyclic) bond motifs is 1. The van der Waals surface area contributed by atoms with Gasteiger partial charge in [0, 0.05) is 0 Å². The molecule has 1 aromatic carbocycles. The molecule has 1 aromatic rings. The second-order valence-electron chi connectivity index (χ2n) is 6.32. The zero-order valence-electron chi connectivity index (χ0n) is 13.0. The van der Waals surface area contributed by atoms with Crippen molar-refractivity contribution < 1.29 is 29.3 Å². The van der Waals surface area contributed by atoms with Gasteiger partial charge in [0.05, 0.1) is 22.6 Å². The fourth-order valence-corrected chi connectivity index (χ4v) is 2.50. The molecule has 6 heteroatoms. The van der Waals surface area contributed by atoms with Crippen LogP contribution in [0.15, 0.2) is 24.3 Å². The Bertz CT molecular complexity index is 567. The van der Waals surface area contributed by atoms with Crippen molar-refractivity contribution in [3.05, 3.63) is 35.4 Å². The van der Waals surface area contributed by atoms with Crippen LogP contribution in [0.1, 0.15) is 48.4 Å². The minimum atomic E-state index is -2.57. The van der Waals surface area contributed by atoms with Gasteiger partial charge in [-0.3, -0.25) is 0 Å². The van der Waals surface area contributed by atoms with Gasteiger partial charge < -0.3 is 19.7 Å². The van der Waals surface area contributed by atoms with Crippen LogP contribution in [0.5, 0.6) is 0 Å². The third-order valence-electron chi connectivity index (χ3n) is 4.01. The van der Waals surface area contributed by atoms with E-state index in [1.54, 1.807) is 26.0 Å². The SMILES string of the molecule is CC(C)C(O)C(C)(C)C1(O)OC(=O)c2ccccc2C(=O)O1. The summed E-state index contributed by atoms with van der Waals surface area (Å²) in [6, 6.07) is 5.98. The number of hydrogen-bond acceptors (Lipinski definition) is 6. The zero-order valence-corrected chi connectivity index (χ0v) is 13.0. The third-order valence-corrected chi connectivity index (χ3v) is 4.01. The summed E-state index contributed by atoms with van der Waals surface area (Å²) in [7, 11) is 0. The van der Waals surface area contributed by atoms with E-state index in [0.29, 0.717) is 0 Å². The van der Waals surface area contributed by atoms with Crippen LogP contribution in [0, 0.1) is 11.3 Å². The molecule has 120 valence electrons. The van der Waals surface area contributed by atoms with Gasteiger partial charge >= 0.3 is 17.9 Å². The second kappa shape index (κ2) is 5.37. The summed E-state index contributed by atoms with van der Waals surface area (Å²) in [6.07, 6.45) is -1.07. The van der Waals surface area contributed by atoms with Crippen LogP contribution in [0.4, 0.5) is 0 Å². The van der Waals surface area contributed by atoms with Gasteiger partial charge in [-0.15, -0.1) is 0 Å². The Hall–Kier alpha value is -1.92. The summed E-state index contributed by atoms with van der Waals surface area (Å²) in [6.45, 7) is 6.41. The molecule has 6 nitrogen and oxygen atoms in total. The number of cyclic esters (lactones) is 2. The molecule has 0 amide bonds. The number of hydrogen-bond donors (Lipinski definition) is 2. The van der Waals surface area contributed by atoms with Crippen LogP contribution >= 0.6 is 0 Å². The molecule has 0 aliphatic carbocycles. The fraction of sp³-hybridized carbons (Fsp3) is 0.500. The monoisotopic (exact) mass is 308 g/mol. The van der Waals surface area contributed by atoms with E-state index in [2.05, 4.69) is 0 Å². The van der Waals surface area contributed by atoms with Crippen LogP contribution in [-0.4, -0.2) is 34.2 Å². The minimum absolute atomic E-state index is 0.0123. The molecule has 2 rings (SSSR count). The first-order chi connectivity index (χ1) is 10.1. The zero-order chi connectivity index (χ0) is 16.7. The molecule has 0 bridgehead atoms. The van der Waals surface area contributed by atoms with Gasteiger partial charge in [-0.2, -0.15) is 0 Å². The standard InChI is InChI=1S/C16H20O6/c1-9(2)12(17)15(3,4)16(20)21-13(18)10-7-5-6-8-11(10)14(19)22-16/h5-9,12,17,20H,1-4H3. The molecule has 1 aliphatic rings. The van der Waals surface area contributed by atoms with E-state index in [9.17, 15) is 19.8 Å². The van der Waals surface area contributed by atoms with Crippen molar-refractivity contribution in [2.75, 3.05) is 0 Å². The fourth-order valence-electron chi connectivity index (χ4n) is 2.50. The molecule has 1 heterocycles. The van der Waals surface area contributed by atoms with Crippen molar-refractivity contribution in [3.8, 4) is 0 Å². The number of esters is 2. The van der Waals surface area contributed by atoms with Crippen molar-refractivity contribution in [1.82, 2.24) is 0 Å². The van der Waals surface area contributed by atoms with E-state index in [1.807, 2.05) is 0 Å². The van der Waals surface area contributed by atoms with E-state index in [0.717, 1.165) is 0 Å². The van der Waals surface area contributed by atoms with E-state index in [4.69, 9.17) is 9.47 Å². The Balaban J connectivity index is 2.47. The smallest absolute Gasteiger partial charge is 0.381 e. The molecule has 0 spiro atoms. The topological polar surface area (TPSA) is 93.1 Å². The lowest BCUT2D eigenvalue weighted by atomic mass is 9.78. The molecule has 1 atom stereocenters. The van der Waals surface area contributed by atoms with Crippen LogP contribution < -0.4 is 0 Å². The highest BCUT2D eigenvalue weighted by molar-refractivity contribution is 6.04.